The summed E-state index contributed by atoms with van der Waals surface area (Å²) >= 11 is 0. The normalized spacial score (nSPS) is 11.4. The first-order chi connectivity index (χ1) is 15.9. The molecule has 5 rings (SSSR count). The first kappa shape index (κ1) is 20.6. The number of aromatic amines is 1. The maximum atomic E-state index is 13.5. The number of amides is 1. The van der Waals surface area contributed by atoms with Crippen molar-refractivity contribution in [2.45, 2.75) is 26.9 Å². The molecule has 0 spiro atoms. The maximum absolute atomic E-state index is 13.5. The molecule has 0 bridgehead atoms. The number of rotatable bonds is 5. The highest BCUT2D eigenvalue weighted by atomic mass is 16.3. The number of phenols is 1. The number of aromatic hydroxyl groups is 1. The van der Waals surface area contributed by atoms with E-state index in [-0.39, 0.29) is 17.4 Å². The standard InChI is InChI=1S/C23H22N8O2/c1-4-31-13(2)15(10-26-31)12-30(3)23(33)21-17-8-16(32)5-6-18(17)27-22(28-21)14-7-19-20(24-9-14)11-25-29-19/h5-11,32H,4,12H2,1-3H3,(H,25,29). The number of fused-ring (bicyclic) bond motifs is 2. The van der Waals surface area contributed by atoms with Crippen molar-refractivity contribution in [1.29, 1.82) is 0 Å². The van der Waals surface area contributed by atoms with Crippen LogP contribution in [0.3, 0.4) is 0 Å². The third-order valence-electron chi connectivity index (χ3n) is 5.69. The van der Waals surface area contributed by atoms with Gasteiger partial charge in [-0.1, -0.05) is 0 Å². The molecule has 0 aliphatic carbocycles. The summed E-state index contributed by atoms with van der Waals surface area (Å²) in [4.78, 5) is 28.7. The number of nitrogens with one attached hydrogen (secondary N) is 1. The molecule has 4 heterocycles. The van der Waals surface area contributed by atoms with Gasteiger partial charge < -0.3 is 10.0 Å². The highest BCUT2D eigenvalue weighted by molar-refractivity contribution is 6.05. The SMILES string of the molecule is CCn1ncc(CN(C)C(=O)c2nc(-c3cnc4cn[nH]c4c3)nc3ccc(O)cc23)c1C. The Morgan fingerprint density at radius 3 is 2.79 bits per heavy atom. The summed E-state index contributed by atoms with van der Waals surface area (Å²) < 4.78 is 1.89. The summed E-state index contributed by atoms with van der Waals surface area (Å²) in [6.07, 6.45) is 5.07. The minimum absolute atomic E-state index is 0.0381. The Bertz CT molecular complexity index is 1500. The lowest BCUT2D eigenvalue weighted by Gasteiger charge is -2.18. The first-order valence-electron chi connectivity index (χ1n) is 10.5. The highest BCUT2D eigenvalue weighted by Crippen LogP contribution is 2.27. The third-order valence-corrected chi connectivity index (χ3v) is 5.69. The van der Waals surface area contributed by atoms with Gasteiger partial charge in [0.25, 0.3) is 5.91 Å². The Hall–Kier alpha value is -4.34. The smallest absolute Gasteiger partial charge is 0.273 e. The van der Waals surface area contributed by atoms with E-state index >= 15 is 0 Å². The van der Waals surface area contributed by atoms with Gasteiger partial charge in [-0.25, -0.2) is 9.97 Å². The van der Waals surface area contributed by atoms with Gasteiger partial charge >= 0.3 is 0 Å². The lowest BCUT2D eigenvalue weighted by atomic mass is 10.1. The van der Waals surface area contributed by atoms with Crippen LogP contribution in [0.15, 0.2) is 42.9 Å². The van der Waals surface area contributed by atoms with Crippen LogP contribution in [0.25, 0.3) is 33.3 Å². The first-order valence-corrected chi connectivity index (χ1v) is 10.5. The average Bonchev–Trinajstić information content (AvgIpc) is 3.43. The van der Waals surface area contributed by atoms with E-state index in [2.05, 4.69) is 30.2 Å². The summed E-state index contributed by atoms with van der Waals surface area (Å²) in [5.41, 5.74) is 4.86. The Balaban J connectivity index is 1.58. The molecule has 0 fully saturated rings. The van der Waals surface area contributed by atoms with Crippen LogP contribution >= 0.6 is 0 Å². The van der Waals surface area contributed by atoms with Gasteiger partial charge in [0, 0.05) is 48.5 Å². The number of aromatic nitrogens is 7. The van der Waals surface area contributed by atoms with Crippen molar-refractivity contribution in [3.05, 3.63) is 59.8 Å². The molecular weight excluding hydrogens is 420 g/mol. The fourth-order valence-corrected chi connectivity index (χ4v) is 3.83. The summed E-state index contributed by atoms with van der Waals surface area (Å²) in [6, 6.07) is 6.56. The van der Waals surface area contributed by atoms with Gasteiger partial charge in [0.1, 0.15) is 17.0 Å². The van der Waals surface area contributed by atoms with Crippen LogP contribution in [0.2, 0.25) is 0 Å². The Morgan fingerprint density at radius 1 is 1.15 bits per heavy atom. The van der Waals surface area contributed by atoms with Crippen molar-refractivity contribution in [2.75, 3.05) is 7.05 Å². The summed E-state index contributed by atoms with van der Waals surface area (Å²) in [7, 11) is 1.72. The topological polar surface area (TPSA) is 126 Å². The van der Waals surface area contributed by atoms with E-state index in [4.69, 9.17) is 0 Å². The van der Waals surface area contributed by atoms with Gasteiger partial charge in [0.05, 0.1) is 23.4 Å². The maximum Gasteiger partial charge on any atom is 0.273 e. The van der Waals surface area contributed by atoms with Gasteiger partial charge in [-0.2, -0.15) is 10.2 Å². The minimum Gasteiger partial charge on any atom is -0.508 e. The molecule has 4 aromatic heterocycles. The predicted molar refractivity (Wildman–Crippen MR) is 123 cm³/mol. The number of carbonyl (C=O) groups excluding carboxylic acids is 1. The van der Waals surface area contributed by atoms with Crippen LogP contribution < -0.4 is 0 Å². The minimum atomic E-state index is -0.284. The lowest BCUT2D eigenvalue weighted by molar-refractivity contribution is 0.0781. The molecule has 0 saturated carbocycles. The highest BCUT2D eigenvalue weighted by Gasteiger charge is 2.21. The van der Waals surface area contributed by atoms with Crippen molar-refractivity contribution < 1.29 is 9.90 Å². The number of H-pyrrole nitrogens is 1. The Morgan fingerprint density at radius 2 is 2.00 bits per heavy atom. The van der Waals surface area contributed by atoms with Gasteiger partial charge in [-0.05, 0) is 38.1 Å². The van der Waals surface area contributed by atoms with E-state index in [0.29, 0.717) is 28.8 Å². The molecule has 166 valence electrons. The van der Waals surface area contributed by atoms with Gasteiger partial charge in [-0.15, -0.1) is 0 Å². The molecule has 5 aromatic rings. The van der Waals surface area contributed by atoms with Gasteiger partial charge in [0.15, 0.2) is 5.82 Å². The van der Waals surface area contributed by atoms with Gasteiger partial charge in [0.2, 0.25) is 0 Å². The molecule has 1 amide bonds. The van der Waals surface area contributed by atoms with Crippen LogP contribution in [-0.4, -0.2) is 57.9 Å². The zero-order valence-electron chi connectivity index (χ0n) is 18.4. The van der Waals surface area contributed by atoms with Crippen LogP contribution in [0.5, 0.6) is 5.75 Å². The number of hydrogen-bond donors (Lipinski definition) is 2. The van der Waals surface area contributed by atoms with E-state index in [0.717, 1.165) is 28.8 Å². The fraction of sp³-hybridized carbons (Fsp3) is 0.217. The number of aryl methyl sites for hydroxylation is 1. The predicted octanol–water partition coefficient (Wildman–Crippen LogP) is 3.07. The second-order valence-corrected chi connectivity index (χ2v) is 7.86. The molecule has 0 atom stereocenters. The van der Waals surface area contributed by atoms with Crippen molar-refractivity contribution in [1.82, 2.24) is 39.8 Å². The molecule has 0 radical (unpaired) electrons. The third kappa shape index (κ3) is 3.65. The zero-order valence-corrected chi connectivity index (χ0v) is 18.4. The molecule has 1 aromatic carbocycles. The number of carbonyl (C=O) groups is 1. The van der Waals surface area contributed by atoms with E-state index in [1.807, 2.05) is 24.6 Å². The number of phenolic OH excluding ortho intramolecular Hbond substituents is 1. The Kier molecular flexibility index (Phi) is 4.97. The van der Waals surface area contributed by atoms with Crippen molar-refractivity contribution in [3.63, 3.8) is 0 Å². The van der Waals surface area contributed by atoms with Crippen LogP contribution in [0, 0.1) is 6.92 Å². The van der Waals surface area contributed by atoms with E-state index in [9.17, 15) is 9.90 Å². The molecule has 0 aliphatic rings. The Labute approximate surface area is 188 Å². The molecule has 0 unspecified atom stereocenters. The largest absolute Gasteiger partial charge is 0.508 e. The van der Waals surface area contributed by atoms with Crippen LogP contribution in [0.4, 0.5) is 0 Å². The summed E-state index contributed by atoms with van der Waals surface area (Å²) in [6.45, 7) is 5.15. The lowest BCUT2D eigenvalue weighted by Crippen LogP contribution is -2.27. The van der Waals surface area contributed by atoms with E-state index in [1.54, 1.807) is 36.6 Å². The molecular formula is C23H22N8O2. The van der Waals surface area contributed by atoms with Crippen LogP contribution in [0.1, 0.15) is 28.7 Å². The van der Waals surface area contributed by atoms with E-state index in [1.165, 1.54) is 12.1 Å². The number of nitrogens with zero attached hydrogens (tertiary/aromatic N) is 7. The average molecular weight is 442 g/mol. The molecule has 2 N–H and O–H groups in total. The second kappa shape index (κ2) is 7.97. The fourth-order valence-electron chi connectivity index (χ4n) is 3.83. The van der Waals surface area contributed by atoms with Crippen molar-refractivity contribution >= 4 is 27.8 Å². The zero-order chi connectivity index (χ0) is 23.1. The number of benzene rings is 1. The van der Waals surface area contributed by atoms with Crippen molar-refractivity contribution in [3.8, 4) is 17.1 Å². The molecule has 0 aliphatic heterocycles. The van der Waals surface area contributed by atoms with Crippen LogP contribution in [-0.2, 0) is 13.1 Å². The molecule has 33 heavy (non-hydrogen) atoms. The molecule has 10 nitrogen and oxygen atoms in total. The summed E-state index contributed by atoms with van der Waals surface area (Å²) in [5, 5.41) is 21.8. The number of pyridine rings is 1. The second-order valence-electron chi connectivity index (χ2n) is 7.86. The van der Waals surface area contributed by atoms with Crippen molar-refractivity contribution in [2.24, 2.45) is 0 Å². The molecule has 10 heteroatoms. The van der Waals surface area contributed by atoms with Gasteiger partial charge in [-0.3, -0.25) is 19.6 Å². The number of hydrogen-bond acceptors (Lipinski definition) is 7. The monoisotopic (exact) mass is 442 g/mol. The quantitative estimate of drug-likeness (QED) is 0.428. The molecule has 0 saturated heterocycles. The van der Waals surface area contributed by atoms with E-state index < -0.39 is 0 Å². The summed E-state index contributed by atoms with van der Waals surface area (Å²) in [5.74, 6) is 0.119.